The Morgan fingerprint density at radius 1 is 1.50 bits per heavy atom. The minimum Gasteiger partial charge on any atom is -0.384 e. The summed E-state index contributed by atoms with van der Waals surface area (Å²) in [6.07, 6.45) is 7.72. The van der Waals surface area contributed by atoms with Crippen molar-refractivity contribution < 1.29 is 9.53 Å². The van der Waals surface area contributed by atoms with Gasteiger partial charge in [0.2, 0.25) is 5.91 Å². The fourth-order valence-corrected chi connectivity index (χ4v) is 4.03. The highest BCUT2D eigenvalue weighted by molar-refractivity contribution is 5.94. The molecule has 1 amide bonds. The first-order valence-corrected chi connectivity index (χ1v) is 7.83. The Labute approximate surface area is 121 Å². The van der Waals surface area contributed by atoms with Gasteiger partial charge in [0.1, 0.15) is 0 Å². The number of likely N-dealkylation sites (N-methyl/N-ethyl adjacent to an activating group) is 1. The van der Waals surface area contributed by atoms with E-state index in [0.29, 0.717) is 5.92 Å². The number of rotatable bonds is 3. The van der Waals surface area contributed by atoms with Crippen LogP contribution in [0.15, 0.2) is 11.6 Å². The maximum absolute atomic E-state index is 12.4. The number of piperidine rings is 1. The summed E-state index contributed by atoms with van der Waals surface area (Å²) in [5.41, 5.74) is 1.27. The molecule has 1 aliphatic carbocycles. The number of methoxy groups -OCH3 is 1. The summed E-state index contributed by atoms with van der Waals surface area (Å²) in [7, 11) is 3.99. The molecule has 4 nitrogen and oxygen atoms in total. The molecule has 0 aromatic carbocycles. The van der Waals surface area contributed by atoms with Crippen molar-refractivity contribution in [2.45, 2.75) is 37.6 Å². The Kier molecular flexibility index (Phi) is 3.87. The molecule has 1 spiro atoms. The second-order valence-electron chi connectivity index (χ2n) is 6.74. The first-order valence-electron chi connectivity index (χ1n) is 7.83. The Balaban J connectivity index is 1.60. The van der Waals surface area contributed by atoms with Gasteiger partial charge in [-0.1, -0.05) is 6.08 Å². The number of carbonyl (C=O) groups is 1. The molecule has 0 bridgehead atoms. The molecule has 3 rings (SSSR count). The highest BCUT2D eigenvalue weighted by atomic mass is 16.5. The van der Waals surface area contributed by atoms with E-state index >= 15 is 0 Å². The highest BCUT2D eigenvalue weighted by Crippen LogP contribution is 2.39. The summed E-state index contributed by atoms with van der Waals surface area (Å²) < 4.78 is 5.33. The monoisotopic (exact) mass is 278 g/mol. The summed E-state index contributed by atoms with van der Waals surface area (Å²) in [4.78, 5) is 16.9. The summed E-state index contributed by atoms with van der Waals surface area (Å²) in [6, 6.07) is 0. The molecule has 0 aromatic rings. The Morgan fingerprint density at radius 2 is 2.30 bits per heavy atom. The van der Waals surface area contributed by atoms with Gasteiger partial charge in [-0.25, -0.2) is 0 Å². The topological polar surface area (TPSA) is 32.8 Å². The van der Waals surface area contributed by atoms with E-state index in [-0.39, 0.29) is 11.4 Å². The molecule has 0 radical (unpaired) electrons. The van der Waals surface area contributed by atoms with E-state index in [9.17, 15) is 4.79 Å². The van der Waals surface area contributed by atoms with Crippen LogP contribution in [0.4, 0.5) is 0 Å². The molecule has 3 aliphatic rings. The van der Waals surface area contributed by atoms with Crippen molar-refractivity contribution in [3.63, 3.8) is 0 Å². The van der Waals surface area contributed by atoms with Crippen molar-refractivity contribution in [1.82, 2.24) is 9.80 Å². The number of ether oxygens (including phenoxy) is 1. The molecule has 1 unspecified atom stereocenters. The smallest absolute Gasteiger partial charge is 0.249 e. The second-order valence-corrected chi connectivity index (χ2v) is 6.74. The van der Waals surface area contributed by atoms with Gasteiger partial charge in [0.05, 0.1) is 5.54 Å². The van der Waals surface area contributed by atoms with Crippen molar-refractivity contribution in [2.75, 3.05) is 40.4 Å². The lowest BCUT2D eigenvalue weighted by molar-refractivity contribution is -0.146. The third kappa shape index (κ3) is 2.40. The fourth-order valence-electron chi connectivity index (χ4n) is 4.03. The van der Waals surface area contributed by atoms with Crippen LogP contribution in [0.2, 0.25) is 0 Å². The van der Waals surface area contributed by atoms with Crippen LogP contribution in [0, 0.1) is 5.92 Å². The van der Waals surface area contributed by atoms with E-state index in [0.717, 1.165) is 51.1 Å². The molecule has 2 fully saturated rings. The van der Waals surface area contributed by atoms with E-state index < -0.39 is 0 Å². The number of nitrogens with zero attached hydrogens (tertiary/aromatic N) is 2. The third-order valence-corrected chi connectivity index (χ3v) is 5.33. The number of allylic oxidation sites excluding steroid dienone is 1. The SMILES string of the molecule is COCC1CCN(C)C2(C1)CN(C(=O)C1=CCCC1)C2. The van der Waals surface area contributed by atoms with Gasteiger partial charge in [-0.15, -0.1) is 0 Å². The number of hydrogen-bond donors (Lipinski definition) is 0. The van der Waals surface area contributed by atoms with Crippen LogP contribution >= 0.6 is 0 Å². The Hall–Kier alpha value is -0.870. The number of likely N-dealkylation sites (tertiary alicyclic amines) is 2. The predicted molar refractivity (Wildman–Crippen MR) is 78.5 cm³/mol. The summed E-state index contributed by atoms with van der Waals surface area (Å²) in [5.74, 6) is 0.939. The van der Waals surface area contributed by atoms with Gasteiger partial charge in [-0.3, -0.25) is 9.69 Å². The van der Waals surface area contributed by atoms with Gasteiger partial charge >= 0.3 is 0 Å². The molecule has 20 heavy (non-hydrogen) atoms. The zero-order valence-corrected chi connectivity index (χ0v) is 12.7. The summed E-state index contributed by atoms with van der Waals surface area (Å²) in [5, 5.41) is 0. The van der Waals surface area contributed by atoms with Crippen molar-refractivity contribution in [2.24, 2.45) is 5.92 Å². The molecular weight excluding hydrogens is 252 g/mol. The van der Waals surface area contributed by atoms with Crippen LogP contribution in [0.3, 0.4) is 0 Å². The van der Waals surface area contributed by atoms with Gasteiger partial charge in [0.15, 0.2) is 0 Å². The first-order chi connectivity index (χ1) is 9.64. The minimum atomic E-state index is 0.219. The zero-order valence-electron chi connectivity index (χ0n) is 12.7. The van der Waals surface area contributed by atoms with Gasteiger partial charge in [-0.05, 0) is 51.6 Å². The molecular formula is C16H26N2O2. The van der Waals surface area contributed by atoms with Gasteiger partial charge < -0.3 is 9.64 Å². The van der Waals surface area contributed by atoms with Gasteiger partial charge in [-0.2, -0.15) is 0 Å². The van der Waals surface area contributed by atoms with E-state index in [1.54, 1.807) is 7.11 Å². The number of carbonyl (C=O) groups excluding carboxylic acids is 1. The molecule has 0 saturated carbocycles. The van der Waals surface area contributed by atoms with E-state index in [4.69, 9.17) is 4.74 Å². The lowest BCUT2D eigenvalue weighted by atomic mass is 9.75. The van der Waals surface area contributed by atoms with E-state index in [1.807, 2.05) is 4.90 Å². The standard InChI is InChI=1S/C16H26N2O2/c1-17-8-7-13(10-20-2)9-16(17)11-18(12-16)15(19)14-5-3-4-6-14/h5,13H,3-4,6-12H2,1-2H3. The van der Waals surface area contributed by atoms with Gasteiger partial charge in [0.25, 0.3) is 0 Å². The number of hydrogen-bond acceptors (Lipinski definition) is 3. The van der Waals surface area contributed by atoms with Crippen LogP contribution in [-0.4, -0.2) is 61.6 Å². The third-order valence-electron chi connectivity index (χ3n) is 5.33. The molecule has 1 atom stereocenters. The van der Waals surface area contributed by atoms with Crippen molar-refractivity contribution in [3.8, 4) is 0 Å². The first kappa shape index (κ1) is 14.1. The van der Waals surface area contributed by atoms with Crippen molar-refractivity contribution in [1.29, 1.82) is 0 Å². The molecule has 2 aliphatic heterocycles. The molecule has 0 N–H and O–H groups in total. The molecule has 2 heterocycles. The lowest BCUT2D eigenvalue weighted by Crippen LogP contribution is -2.72. The van der Waals surface area contributed by atoms with Gasteiger partial charge in [0, 0.05) is 32.4 Å². The van der Waals surface area contributed by atoms with E-state index in [2.05, 4.69) is 18.0 Å². The molecule has 0 aromatic heterocycles. The largest absolute Gasteiger partial charge is 0.384 e. The molecule has 2 saturated heterocycles. The molecule has 112 valence electrons. The lowest BCUT2D eigenvalue weighted by Gasteiger charge is -2.58. The maximum Gasteiger partial charge on any atom is 0.249 e. The Morgan fingerprint density at radius 3 is 2.95 bits per heavy atom. The van der Waals surface area contributed by atoms with Crippen LogP contribution < -0.4 is 0 Å². The Bertz CT molecular complexity index is 413. The quantitative estimate of drug-likeness (QED) is 0.787. The summed E-state index contributed by atoms with van der Waals surface area (Å²) >= 11 is 0. The highest BCUT2D eigenvalue weighted by Gasteiger charge is 2.51. The van der Waals surface area contributed by atoms with Crippen LogP contribution in [0.25, 0.3) is 0 Å². The zero-order chi connectivity index (χ0) is 14.2. The minimum absolute atomic E-state index is 0.219. The van der Waals surface area contributed by atoms with Crippen molar-refractivity contribution in [3.05, 3.63) is 11.6 Å². The predicted octanol–water partition coefficient (Wildman–Crippen LogP) is 1.67. The fraction of sp³-hybridized carbons (Fsp3) is 0.812. The second kappa shape index (κ2) is 5.49. The maximum atomic E-state index is 12.4. The average molecular weight is 278 g/mol. The normalized spacial score (nSPS) is 29.4. The van der Waals surface area contributed by atoms with Crippen LogP contribution in [-0.2, 0) is 9.53 Å². The number of amides is 1. The molecule has 4 heteroatoms. The van der Waals surface area contributed by atoms with Crippen molar-refractivity contribution >= 4 is 5.91 Å². The van der Waals surface area contributed by atoms with E-state index in [1.165, 1.54) is 12.8 Å². The summed E-state index contributed by atoms with van der Waals surface area (Å²) in [6.45, 7) is 3.78. The average Bonchev–Trinajstić information content (AvgIpc) is 2.92. The van der Waals surface area contributed by atoms with Crippen LogP contribution in [0.5, 0.6) is 0 Å². The van der Waals surface area contributed by atoms with Crippen LogP contribution in [0.1, 0.15) is 32.1 Å².